The van der Waals surface area contributed by atoms with Crippen LogP contribution in [-0.2, 0) is 0 Å². The van der Waals surface area contributed by atoms with Crippen LogP contribution < -0.4 is 5.73 Å². The molecule has 2 rings (SSSR count). The number of rotatable bonds is 2. The second-order valence-corrected chi connectivity index (χ2v) is 6.54. The van der Waals surface area contributed by atoms with Gasteiger partial charge in [0.05, 0.1) is 0 Å². The van der Waals surface area contributed by atoms with Crippen LogP contribution in [0.3, 0.4) is 0 Å². The predicted octanol–water partition coefficient (Wildman–Crippen LogP) is 2.75. The van der Waals surface area contributed by atoms with Crippen molar-refractivity contribution in [2.24, 2.45) is 0 Å². The third-order valence-corrected chi connectivity index (χ3v) is 4.20. The minimum atomic E-state index is 0.284. The lowest BCUT2D eigenvalue weighted by Crippen LogP contribution is -2.53. The van der Waals surface area contributed by atoms with Crippen LogP contribution in [0.1, 0.15) is 39.3 Å². The Balaban J connectivity index is 1.98. The zero-order valence-corrected chi connectivity index (χ0v) is 12.7. The van der Waals surface area contributed by atoms with Crippen LogP contribution in [0.4, 0.5) is 5.69 Å². The Bertz CT molecular complexity index is 414. The van der Waals surface area contributed by atoms with Crippen LogP contribution in [0.15, 0.2) is 24.3 Å². The average Bonchev–Trinajstić information content (AvgIpc) is 2.37. The molecule has 1 saturated heterocycles. The molecule has 3 heteroatoms. The summed E-state index contributed by atoms with van der Waals surface area (Å²) in [6, 6.07) is 8.73. The largest absolute Gasteiger partial charge is 0.399 e. The minimum absolute atomic E-state index is 0.284. The number of hydrogen-bond donors (Lipinski definition) is 1. The summed E-state index contributed by atoms with van der Waals surface area (Å²) in [7, 11) is 0. The smallest absolute Gasteiger partial charge is 0.0321 e. The number of hydrogen-bond acceptors (Lipinski definition) is 3. The summed E-state index contributed by atoms with van der Waals surface area (Å²) in [5.41, 5.74) is 8.34. The summed E-state index contributed by atoms with van der Waals surface area (Å²) in [6.07, 6.45) is 0. The molecule has 1 atom stereocenters. The molecule has 1 aromatic carbocycles. The fraction of sp³-hybridized carbons (Fsp3) is 0.625. The van der Waals surface area contributed by atoms with E-state index in [0.29, 0.717) is 6.04 Å². The fourth-order valence-electron chi connectivity index (χ4n) is 2.81. The van der Waals surface area contributed by atoms with Crippen molar-refractivity contribution in [1.29, 1.82) is 0 Å². The first-order valence-corrected chi connectivity index (χ1v) is 7.22. The highest BCUT2D eigenvalue weighted by Crippen LogP contribution is 2.25. The SMILES string of the molecule is CC(c1cccc(N)c1)N1CCN(C(C)(C)C)CC1. The van der Waals surface area contributed by atoms with Crippen LogP contribution in [0.25, 0.3) is 0 Å². The number of nitrogens with two attached hydrogens (primary N) is 1. The van der Waals surface area contributed by atoms with Gasteiger partial charge >= 0.3 is 0 Å². The van der Waals surface area contributed by atoms with Crippen molar-refractivity contribution in [3.05, 3.63) is 29.8 Å². The van der Waals surface area contributed by atoms with Crippen molar-refractivity contribution in [3.8, 4) is 0 Å². The number of benzene rings is 1. The summed E-state index contributed by atoms with van der Waals surface area (Å²) in [6.45, 7) is 13.7. The molecule has 0 amide bonds. The molecular formula is C16H27N3. The molecule has 0 spiro atoms. The van der Waals surface area contributed by atoms with E-state index in [1.165, 1.54) is 5.56 Å². The van der Waals surface area contributed by atoms with Gasteiger partial charge in [0.25, 0.3) is 0 Å². The lowest BCUT2D eigenvalue weighted by molar-refractivity contribution is 0.0454. The van der Waals surface area contributed by atoms with E-state index < -0.39 is 0 Å². The molecule has 2 N–H and O–H groups in total. The van der Waals surface area contributed by atoms with Crippen LogP contribution in [0, 0.1) is 0 Å². The van der Waals surface area contributed by atoms with Gasteiger partial charge < -0.3 is 5.73 Å². The first-order chi connectivity index (χ1) is 8.88. The Morgan fingerprint density at radius 3 is 2.26 bits per heavy atom. The van der Waals surface area contributed by atoms with Gasteiger partial charge in [-0.2, -0.15) is 0 Å². The molecule has 1 unspecified atom stereocenters. The van der Waals surface area contributed by atoms with Gasteiger partial charge in [0.15, 0.2) is 0 Å². The number of nitrogen functional groups attached to an aromatic ring is 1. The zero-order chi connectivity index (χ0) is 14.0. The summed E-state index contributed by atoms with van der Waals surface area (Å²) in [4.78, 5) is 5.12. The Labute approximate surface area is 117 Å². The van der Waals surface area contributed by atoms with E-state index in [0.717, 1.165) is 31.9 Å². The maximum Gasteiger partial charge on any atom is 0.0321 e. The highest BCUT2D eigenvalue weighted by Gasteiger charge is 2.27. The van der Waals surface area contributed by atoms with Crippen molar-refractivity contribution in [2.45, 2.75) is 39.3 Å². The normalized spacial score (nSPS) is 20.4. The van der Waals surface area contributed by atoms with Crippen molar-refractivity contribution < 1.29 is 0 Å². The van der Waals surface area contributed by atoms with Crippen LogP contribution >= 0.6 is 0 Å². The maximum absolute atomic E-state index is 5.88. The van der Waals surface area contributed by atoms with E-state index in [1.807, 2.05) is 12.1 Å². The molecule has 1 aliphatic rings. The molecule has 0 radical (unpaired) electrons. The second-order valence-electron chi connectivity index (χ2n) is 6.54. The molecule has 0 bridgehead atoms. The Morgan fingerprint density at radius 2 is 1.74 bits per heavy atom. The molecule has 1 aromatic rings. The summed E-state index contributed by atoms with van der Waals surface area (Å²) in [5, 5.41) is 0. The summed E-state index contributed by atoms with van der Waals surface area (Å²) < 4.78 is 0. The first kappa shape index (κ1) is 14.4. The van der Waals surface area contributed by atoms with Crippen molar-refractivity contribution in [1.82, 2.24) is 9.80 Å². The quantitative estimate of drug-likeness (QED) is 0.831. The van der Waals surface area contributed by atoms with Gasteiger partial charge in [0, 0.05) is 43.4 Å². The van der Waals surface area contributed by atoms with E-state index in [4.69, 9.17) is 5.73 Å². The molecule has 3 nitrogen and oxygen atoms in total. The Morgan fingerprint density at radius 1 is 1.11 bits per heavy atom. The maximum atomic E-state index is 5.88. The van der Waals surface area contributed by atoms with Gasteiger partial charge in [-0.05, 0) is 45.4 Å². The van der Waals surface area contributed by atoms with Gasteiger partial charge in [-0.3, -0.25) is 9.80 Å². The van der Waals surface area contributed by atoms with Crippen LogP contribution in [0.2, 0.25) is 0 Å². The predicted molar refractivity (Wildman–Crippen MR) is 82.2 cm³/mol. The third kappa shape index (κ3) is 3.48. The fourth-order valence-corrected chi connectivity index (χ4v) is 2.81. The van der Waals surface area contributed by atoms with Crippen LogP contribution in [0.5, 0.6) is 0 Å². The van der Waals surface area contributed by atoms with Crippen molar-refractivity contribution >= 4 is 5.69 Å². The van der Waals surface area contributed by atoms with E-state index in [-0.39, 0.29) is 5.54 Å². The van der Waals surface area contributed by atoms with E-state index in [9.17, 15) is 0 Å². The first-order valence-electron chi connectivity index (χ1n) is 7.22. The minimum Gasteiger partial charge on any atom is -0.399 e. The van der Waals surface area contributed by atoms with Crippen LogP contribution in [-0.4, -0.2) is 41.5 Å². The van der Waals surface area contributed by atoms with E-state index in [2.05, 4.69) is 49.6 Å². The van der Waals surface area contributed by atoms with Crippen molar-refractivity contribution in [2.75, 3.05) is 31.9 Å². The monoisotopic (exact) mass is 261 g/mol. The van der Waals surface area contributed by atoms with Gasteiger partial charge in [0.1, 0.15) is 0 Å². The number of nitrogens with zero attached hydrogens (tertiary/aromatic N) is 2. The summed E-state index contributed by atoms with van der Waals surface area (Å²) >= 11 is 0. The summed E-state index contributed by atoms with van der Waals surface area (Å²) in [5.74, 6) is 0. The molecule has 19 heavy (non-hydrogen) atoms. The molecule has 0 aromatic heterocycles. The van der Waals surface area contributed by atoms with Gasteiger partial charge in [0.2, 0.25) is 0 Å². The average molecular weight is 261 g/mol. The lowest BCUT2D eigenvalue weighted by Gasteiger charge is -2.44. The van der Waals surface area contributed by atoms with Gasteiger partial charge in [-0.1, -0.05) is 12.1 Å². The highest BCUT2D eigenvalue weighted by atomic mass is 15.3. The highest BCUT2D eigenvalue weighted by molar-refractivity contribution is 5.41. The number of anilines is 1. The third-order valence-electron chi connectivity index (χ3n) is 4.20. The van der Waals surface area contributed by atoms with E-state index in [1.54, 1.807) is 0 Å². The van der Waals surface area contributed by atoms with Crippen molar-refractivity contribution in [3.63, 3.8) is 0 Å². The number of piperazine rings is 1. The molecular weight excluding hydrogens is 234 g/mol. The second kappa shape index (κ2) is 5.51. The molecule has 106 valence electrons. The molecule has 0 aliphatic carbocycles. The molecule has 1 aliphatic heterocycles. The van der Waals surface area contributed by atoms with Gasteiger partial charge in [-0.15, -0.1) is 0 Å². The zero-order valence-electron chi connectivity index (χ0n) is 12.7. The molecule has 1 heterocycles. The molecule has 0 saturated carbocycles. The Hall–Kier alpha value is -1.06. The van der Waals surface area contributed by atoms with E-state index >= 15 is 0 Å². The van der Waals surface area contributed by atoms with Gasteiger partial charge in [-0.25, -0.2) is 0 Å². The lowest BCUT2D eigenvalue weighted by atomic mass is 10.0. The molecule has 1 fully saturated rings. The Kier molecular flexibility index (Phi) is 4.16. The topological polar surface area (TPSA) is 32.5 Å². The standard InChI is InChI=1S/C16H27N3/c1-13(14-6-5-7-15(17)12-14)18-8-10-19(11-9-18)16(2,3)4/h5-7,12-13H,8-11,17H2,1-4H3.